The highest BCUT2D eigenvalue weighted by Crippen LogP contribution is 2.35. The molecule has 0 N–H and O–H groups in total. The van der Waals surface area contributed by atoms with Crippen LogP contribution >= 0.6 is 0 Å². The van der Waals surface area contributed by atoms with Gasteiger partial charge < -0.3 is 9.47 Å². The van der Waals surface area contributed by atoms with Gasteiger partial charge in [-0.25, -0.2) is 4.98 Å². The third kappa shape index (κ3) is 1.53. The first kappa shape index (κ1) is 10.3. The predicted molar refractivity (Wildman–Crippen MR) is 67.1 cm³/mol. The summed E-state index contributed by atoms with van der Waals surface area (Å²) in [5, 5.41) is 4.35. The van der Waals surface area contributed by atoms with Crippen molar-refractivity contribution >= 4 is 5.78 Å². The van der Waals surface area contributed by atoms with Crippen LogP contribution in [0.4, 0.5) is 0 Å². The molecule has 0 aliphatic carbocycles. The molecule has 6 nitrogen and oxygen atoms in total. The Balaban J connectivity index is 1.94. The average Bonchev–Trinajstić information content (AvgIpc) is 3.01. The molecule has 0 spiro atoms. The topological polar surface area (TPSA) is 61.5 Å². The summed E-state index contributed by atoms with van der Waals surface area (Å²) in [6, 6.07) is 7.71. The minimum Gasteiger partial charge on any atom is -0.454 e. The minimum atomic E-state index is 0.271. The molecular weight excluding hydrogens is 244 g/mol. The van der Waals surface area contributed by atoms with Gasteiger partial charge >= 0.3 is 0 Å². The fourth-order valence-corrected chi connectivity index (χ4v) is 2.17. The second-order valence-corrected chi connectivity index (χ2v) is 4.27. The molecule has 0 amide bonds. The van der Waals surface area contributed by atoms with Crippen molar-refractivity contribution in [1.29, 1.82) is 0 Å². The van der Waals surface area contributed by atoms with Gasteiger partial charge in [0.25, 0.3) is 5.78 Å². The van der Waals surface area contributed by atoms with E-state index in [0.29, 0.717) is 11.6 Å². The molecule has 0 bridgehead atoms. The second-order valence-electron chi connectivity index (χ2n) is 4.27. The van der Waals surface area contributed by atoms with Crippen molar-refractivity contribution in [3.05, 3.63) is 36.3 Å². The van der Waals surface area contributed by atoms with Crippen molar-refractivity contribution in [2.45, 2.75) is 6.92 Å². The Morgan fingerprint density at radius 1 is 1.16 bits per heavy atom. The van der Waals surface area contributed by atoms with E-state index in [1.807, 2.05) is 31.2 Å². The second kappa shape index (κ2) is 3.68. The molecule has 2 aromatic heterocycles. The molecule has 0 fully saturated rings. The molecule has 19 heavy (non-hydrogen) atoms. The zero-order chi connectivity index (χ0) is 12.8. The van der Waals surface area contributed by atoms with Crippen LogP contribution in [0.15, 0.2) is 30.5 Å². The molecule has 0 saturated carbocycles. The van der Waals surface area contributed by atoms with Gasteiger partial charge in [0.05, 0.1) is 5.69 Å². The molecular formula is C13H10N4O2. The molecule has 3 aromatic rings. The Hall–Kier alpha value is -2.63. The molecule has 94 valence electrons. The van der Waals surface area contributed by atoms with Gasteiger partial charge in [0.15, 0.2) is 11.5 Å². The zero-order valence-electron chi connectivity index (χ0n) is 10.2. The van der Waals surface area contributed by atoms with Crippen molar-refractivity contribution in [1.82, 2.24) is 19.6 Å². The van der Waals surface area contributed by atoms with E-state index in [2.05, 4.69) is 15.1 Å². The molecule has 1 aliphatic heterocycles. The van der Waals surface area contributed by atoms with Gasteiger partial charge in [0.1, 0.15) is 5.82 Å². The van der Waals surface area contributed by atoms with Gasteiger partial charge in [-0.05, 0) is 31.2 Å². The van der Waals surface area contributed by atoms with Crippen LogP contribution in [0.3, 0.4) is 0 Å². The van der Waals surface area contributed by atoms with Crippen molar-refractivity contribution in [3.8, 4) is 22.8 Å². The third-order valence-corrected chi connectivity index (χ3v) is 3.01. The fourth-order valence-electron chi connectivity index (χ4n) is 2.17. The van der Waals surface area contributed by atoms with E-state index in [1.165, 1.54) is 0 Å². The average molecular weight is 254 g/mol. The van der Waals surface area contributed by atoms with Crippen LogP contribution in [0.2, 0.25) is 0 Å². The van der Waals surface area contributed by atoms with Crippen LogP contribution in [0.1, 0.15) is 5.82 Å². The number of hydrogen-bond acceptors (Lipinski definition) is 5. The molecule has 4 rings (SSSR count). The fraction of sp³-hybridized carbons (Fsp3) is 0.154. The molecule has 1 aromatic carbocycles. The number of benzene rings is 1. The Kier molecular flexibility index (Phi) is 2.00. The Bertz CT molecular complexity index is 781. The summed E-state index contributed by atoms with van der Waals surface area (Å²) in [7, 11) is 0. The van der Waals surface area contributed by atoms with E-state index in [0.717, 1.165) is 22.8 Å². The van der Waals surface area contributed by atoms with Crippen molar-refractivity contribution in [3.63, 3.8) is 0 Å². The Morgan fingerprint density at radius 3 is 3.00 bits per heavy atom. The first-order chi connectivity index (χ1) is 9.31. The third-order valence-electron chi connectivity index (χ3n) is 3.01. The first-order valence-corrected chi connectivity index (χ1v) is 5.90. The molecule has 1 aliphatic rings. The summed E-state index contributed by atoms with van der Waals surface area (Å²) in [5.41, 5.74) is 1.91. The van der Waals surface area contributed by atoms with Crippen molar-refractivity contribution in [2.24, 2.45) is 0 Å². The van der Waals surface area contributed by atoms with Crippen LogP contribution in [0, 0.1) is 6.92 Å². The molecule has 3 heterocycles. The number of rotatable bonds is 1. The van der Waals surface area contributed by atoms with E-state index in [9.17, 15) is 0 Å². The maximum absolute atomic E-state index is 5.39. The summed E-state index contributed by atoms with van der Waals surface area (Å²) in [6.45, 7) is 2.12. The predicted octanol–water partition coefficient (Wildman–Crippen LogP) is 1.83. The highest BCUT2D eigenvalue weighted by atomic mass is 16.7. The van der Waals surface area contributed by atoms with Gasteiger partial charge in [-0.15, -0.1) is 5.10 Å². The van der Waals surface area contributed by atoms with Crippen molar-refractivity contribution < 1.29 is 9.47 Å². The van der Waals surface area contributed by atoms with E-state index in [1.54, 1.807) is 10.7 Å². The van der Waals surface area contributed by atoms with Gasteiger partial charge in [0, 0.05) is 11.8 Å². The van der Waals surface area contributed by atoms with Gasteiger partial charge in [-0.2, -0.15) is 9.50 Å². The molecule has 0 radical (unpaired) electrons. The van der Waals surface area contributed by atoms with E-state index < -0.39 is 0 Å². The Labute approximate surface area is 108 Å². The minimum absolute atomic E-state index is 0.271. The van der Waals surface area contributed by atoms with Crippen LogP contribution in [-0.2, 0) is 0 Å². The van der Waals surface area contributed by atoms with Crippen LogP contribution in [0.25, 0.3) is 17.0 Å². The first-order valence-electron chi connectivity index (χ1n) is 5.90. The highest BCUT2D eigenvalue weighted by Gasteiger charge is 2.15. The molecule has 0 unspecified atom stereocenters. The smallest absolute Gasteiger partial charge is 0.252 e. The highest BCUT2D eigenvalue weighted by molar-refractivity contribution is 5.65. The summed E-state index contributed by atoms with van der Waals surface area (Å²) >= 11 is 0. The normalized spacial score (nSPS) is 13.1. The number of nitrogens with zero attached hydrogens (tertiary/aromatic N) is 4. The van der Waals surface area contributed by atoms with Crippen LogP contribution in [-0.4, -0.2) is 26.4 Å². The molecule has 0 atom stereocenters. The SMILES string of the molecule is Cc1nc2nccc(-c3ccc4c(c3)OCO4)n2n1. The zero-order valence-corrected chi connectivity index (χ0v) is 10.2. The number of aromatic nitrogens is 4. The quantitative estimate of drug-likeness (QED) is 0.663. The van der Waals surface area contributed by atoms with E-state index in [4.69, 9.17) is 9.47 Å². The maximum Gasteiger partial charge on any atom is 0.252 e. The maximum atomic E-state index is 5.39. The van der Waals surface area contributed by atoms with Crippen LogP contribution in [0.5, 0.6) is 11.5 Å². The summed E-state index contributed by atoms with van der Waals surface area (Å²) < 4.78 is 12.4. The number of hydrogen-bond donors (Lipinski definition) is 0. The molecule has 0 saturated heterocycles. The number of ether oxygens (including phenoxy) is 2. The monoisotopic (exact) mass is 254 g/mol. The van der Waals surface area contributed by atoms with E-state index >= 15 is 0 Å². The lowest BCUT2D eigenvalue weighted by Crippen LogP contribution is -1.96. The summed E-state index contributed by atoms with van der Waals surface area (Å²) in [5.74, 6) is 2.80. The van der Waals surface area contributed by atoms with E-state index in [-0.39, 0.29) is 6.79 Å². The number of fused-ring (bicyclic) bond motifs is 2. The largest absolute Gasteiger partial charge is 0.454 e. The Morgan fingerprint density at radius 2 is 2.05 bits per heavy atom. The van der Waals surface area contributed by atoms with Crippen molar-refractivity contribution in [2.75, 3.05) is 6.79 Å². The standard InChI is InChI=1S/C13H10N4O2/c1-8-15-13-14-5-4-10(17(13)16-8)9-2-3-11-12(6-9)19-7-18-11/h2-6H,7H2,1H3. The summed E-state index contributed by atoms with van der Waals surface area (Å²) in [4.78, 5) is 8.45. The number of aryl methyl sites for hydroxylation is 1. The lowest BCUT2D eigenvalue weighted by molar-refractivity contribution is 0.174. The van der Waals surface area contributed by atoms with Gasteiger partial charge in [-0.3, -0.25) is 0 Å². The lowest BCUT2D eigenvalue weighted by Gasteiger charge is -2.04. The van der Waals surface area contributed by atoms with Gasteiger partial charge in [-0.1, -0.05) is 0 Å². The summed E-state index contributed by atoms with van der Waals surface area (Å²) in [6.07, 6.45) is 1.73. The van der Waals surface area contributed by atoms with Gasteiger partial charge in [0.2, 0.25) is 6.79 Å². The molecule has 6 heteroatoms. The lowest BCUT2D eigenvalue weighted by atomic mass is 10.1. The van der Waals surface area contributed by atoms with Crippen LogP contribution < -0.4 is 9.47 Å².